The highest BCUT2D eigenvalue weighted by Crippen LogP contribution is 2.31. The molecule has 0 bridgehead atoms. The number of nitrogens with zero attached hydrogens (tertiary/aromatic N) is 2. The van der Waals surface area contributed by atoms with Crippen molar-refractivity contribution in [2.24, 2.45) is 0 Å². The molecule has 0 atom stereocenters. The molecule has 1 aromatic heterocycles. The van der Waals surface area contributed by atoms with Crippen molar-refractivity contribution in [1.29, 1.82) is 0 Å². The van der Waals surface area contributed by atoms with Crippen LogP contribution in [0.4, 0.5) is 18.3 Å². The molecule has 3 aromatic rings. The van der Waals surface area contributed by atoms with Gasteiger partial charge in [-0.05, 0) is 36.4 Å². The molecule has 0 fully saturated rings. The number of carbonyl (C=O) groups is 1. The fraction of sp³-hybridized carbons (Fsp3) is 0.143. The lowest BCUT2D eigenvalue weighted by Crippen LogP contribution is -2.31. The van der Waals surface area contributed by atoms with Crippen molar-refractivity contribution in [2.75, 3.05) is 18.4 Å². The molecular formula is C21H18F3N3O3S2. The van der Waals surface area contributed by atoms with Gasteiger partial charge in [-0.2, -0.15) is 17.5 Å². The Balaban J connectivity index is 1.87. The SMILES string of the molecule is C=CCN(CC=C)S(=O)(=O)c1ccc2nc(NC(=O)c3cccc(C(F)(F)F)c3)sc2c1. The summed E-state index contributed by atoms with van der Waals surface area (Å²) < 4.78 is 66.1. The smallest absolute Gasteiger partial charge is 0.298 e. The molecule has 168 valence electrons. The van der Waals surface area contributed by atoms with Gasteiger partial charge >= 0.3 is 6.18 Å². The zero-order valence-electron chi connectivity index (χ0n) is 16.6. The third-order valence-electron chi connectivity index (χ3n) is 4.34. The number of benzene rings is 2. The second-order valence-electron chi connectivity index (χ2n) is 6.58. The highest BCUT2D eigenvalue weighted by molar-refractivity contribution is 7.89. The van der Waals surface area contributed by atoms with Crippen molar-refractivity contribution in [3.63, 3.8) is 0 Å². The second-order valence-corrected chi connectivity index (χ2v) is 9.55. The topological polar surface area (TPSA) is 79.4 Å². The quantitative estimate of drug-likeness (QED) is 0.463. The van der Waals surface area contributed by atoms with Gasteiger partial charge in [0.15, 0.2) is 5.13 Å². The van der Waals surface area contributed by atoms with Crippen LogP contribution >= 0.6 is 11.3 Å². The lowest BCUT2D eigenvalue weighted by molar-refractivity contribution is -0.137. The Kier molecular flexibility index (Phi) is 6.82. The molecule has 2 aromatic carbocycles. The van der Waals surface area contributed by atoms with Crippen LogP contribution in [0.5, 0.6) is 0 Å². The van der Waals surface area contributed by atoms with Crippen LogP contribution in [0, 0.1) is 0 Å². The van der Waals surface area contributed by atoms with Crippen LogP contribution in [0.3, 0.4) is 0 Å². The number of nitrogens with one attached hydrogen (secondary N) is 1. The number of hydrogen-bond donors (Lipinski definition) is 1. The van der Waals surface area contributed by atoms with Gasteiger partial charge in [-0.25, -0.2) is 13.4 Å². The molecule has 0 saturated carbocycles. The second kappa shape index (κ2) is 9.23. The van der Waals surface area contributed by atoms with Crippen LogP contribution in [-0.2, 0) is 16.2 Å². The third kappa shape index (κ3) is 5.06. The molecule has 0 aliphatic heterocycles. The number of carbonyl (C=O) groups excluding carboxylic acids is 1. The minimum Gasteiger partial charge on any atom is -0.298 e. The number of thiazole rings is 1. The molecule has 1 amide bonds. The van der Waals surface area contributed by atoms with E-state index in [0.717, 1.165) is 29.5 Å². The first-order chi connectivity index (χ1) is 15.1. The number of hydrogen-bond acceptors (Lipinski definition) is 5. The van der Waals surface area contributed by atoms with E-state index < -0.39 is 27.7 Å². The molecule has 0 aliphatic carbocycles. The summed E-state index contributed by atoms with van der Waals surface area (Å²) in [5, 5.41) is 2.59. The monoisotopic (exact) mass is 481 g/mol. The number of alkyl halides is 3. The van der Waals surface area contributed by atoms with Gasteiger partial charge in [0.2, 0.25) is 10.0 Å². The van der Waals surface area contributed by atoms with Crippen LogP contribution < -0.4 is 5.32 Å². The molecule has 6 nitrogen and oxygen atoms in total. The van der Waals surface area contributed by atoms with Crippen molar-refractivity contribution < 1.29 is 26.4 Å². The van der Waals surface area contributed by atoms with E-state index in [9.17, 15) is 26.4 Å². The van der Waals surface area contributed by atoms with Gasteiger partial charge in [0, 0.05) is 18.7 Å². The van der Waals surface area contributed by atoms with Gasteiger partial charge in [-0.15, -0.1) is 13.2 Å². The zero-order chi connectivity index (χ0) is 23.5. The molecule has 32 heavy (non-hydrogen) atoms. The van der Waals surface area contributed by atoms with Gasteiger partial charge in [0.05, 0.1) is 20.7 Å². The molecule has 0 unspecified atom stereocenters. The van der Waals surface area contributed by atoms with E-state index in [1.165, 1.54) is 40.7 Å². The van der Waals surface area contributed by atoms with Crippen LogP contribution in [0.15, 0.2) is 72.7 Å². The fourth-order valence-corrected chi connectivity index (χ4v) is 5.22. The lowest BCUT2D eigenvalue weighted by atomic mass is 10.1. The Morgan fingerprint density at radius 1 is 1.12 bits per heavy atom. The first kappa shape index (κ1) is 23.6. The van der Waals surface area contributed by atoms with Crippen LogP contribution in [-0.4, -0.2) is 36.7 Å². The first-order valence-corrected chi connectivity index (χ1v) is 11.4. The van der Waals surface area contributed by atoms with Crippen LogP contribution in [0.2, 0.25) is 0 Å². The number of anilines is 1. The standard InChI is InChI=1S/C21H18F3N3O3S2/c1-3-10-27(11-4-2)32(29,30)16-8-9-17-18(13-16)31-20(25-17)26-19(28)14-6-5-7-15(12-14)21(22,23)24/h3-9,12-13H,1-2,10-11H2,(H,25,26,28). The average Bonchev–Trinajstić information content (AvgIpc) is 3.14. The van der Waals surface area contributed by atoms with E-state index >= 15 is 0 Å². The summed E-state index contributed by atoms with van der Waals surface area (Å²) in [6, 6.07) is 8.36. The van der Waals surface area contributed by atoms with Crippen molar-refractivity contribution in [3.05, 3.63) is 78.9 Å². The molecule has 0 saturated heterocycles. The minimum atomic E-state index is -4.57. The zero-order valence-corrected chi connectivity index (χ0v) is 18.2. The molecule has 0 aliphatic rings. The summed E-state index contributed by atoms with van der Waals surface area (Å²) in [7, 11) is -3.82. The average molecular weight is 482 g/mol. The van der Waals surface area contributed by atoms with E-state index in [2.05, 4.69) is 23.5 Å². The summed E-state index contributed by atoms with van der Waals surface area (Å²) in [5.74, 6) is -0.758. The maximum Gasteiger partial charge on any atom is 0.416 e. The summed E-state index contributed by atoms with van der Waals surface area (Å²) >= 11 is 1.01. The van der Waals surface area contributed by atoms with E-state index in [0.29, 0.717) is 10.2 Å². The normalized spacial score (nSPS) is 12.1. The van der Waals surface area contributed by atoms with Crippen molar-refractivity contribution >= 4 is 42.6 Å². The number of amides is 1. The van der Waals surface area contributed by atoms with Gasteiger partial charge in [0.1, 0.15) is 0 Å². The number of aromatic nitrogens is 1. The summed E-state index contributed by atoms with van der Waals surface area (Å²) in [6.07, 6.45) is -1.64. The number of rotatable bonds is 8. The van der Waals surface area contributed by atoms with Gasteiger partial charge in [0.25, 0.3) is 5.91 Å². The molecule has 1 heterocycles. The highest BCUT2D eigenvalue weighted by Gasteiger charge is 2.31. The Morgan fingerprint density at radius 3 is 2.44 bits per heavy atom. The van der Waals surface area contributed by atoms with Gasteiger partial charge in [-0.1, -0.05) is 29.6 Å². The maximum atomic E-state index is 12.9. The number of halogens is 3. The van der Waals surface area contributed by atoms with Crippen LogP contribution in [0.1, 0.15) is 15.9 Å². The van der Waals surface area contributed by atoms with Crippen LogP contribution in [0.25, 0.3) is 10.2 Å². The van der Waals surface area contributed by atoms with Gasteiger partial charge in [-0.3, -0.25) is 10.1 Å². The predicted molar refractivity (Wildman–Crippen MR) is 118 cm³/mol. The summed E-state index contributed by atoms with van der Waals surface area (Å²) in [5.41, 5.74) is -0.674. The largest absolute Gasteiger partial charge is 0.416 e. The molecule has 0 spiro atoms. The third-order valence-corrected chi connectivity index (χ3v) is 7.10. The van der Waals surface area contributed by atoms with E-state index in [1.807, 2.05) is 0 Å². The van der Waals surface area contributed by atoms with E-state index in [1.54, 1.807) is 0 Å². The highest BCUT2D eigenvalue weighted by atomic mass is 32.2. The Hall–Kier alpha value is -3.02. The summed E-state index contributed by atoms with van der Waals surface area (Å²) in [6.45, 7) is 7.34. The molecule has 3 rings (SSSR count). The van der Waals surface area contributed by atoms with Gasteiger partial charge < -0.3 is 0 Å². The van der Waals surface area contributed by atoms with Crippen molar-refractivity contribution in [3.8, 4) is 0 Å². The Bertz CT molecular complexity index is 1270. The predicted octanol–water partition coefficient (Wildman–Crippen LogP) is 4.93. The first-order valence-electron chi connectivity index (χ1n) is 9.17. The molecule has 0 radical (unpaired) electrons. The van der Waals surface area contributed by atoms with E-state index in [-0.39, 0.29) is 28.7 Å². The maximum absolute atomic E-state index is 12.9. The summed E-state index contributed by atoms with van der Waals surface area (Å²) in [4.78, 5) is 16.6. The fourth-order valence-electron chi connectivity index (χ4n) is 2.83. The lowest BCUT2D eigenvalue weighted by Gasteiger charge is -2.18. The van der Waals surface area contributed by atoms with Crippen molar-refractivity contribution in [1.82, 2.24) is 9.29 Å². The molecule has 1 N–H and O–H groups in total. The number of fused-ring (bicyclic) bond motifs is 1. The Labute approximate surface area is 186 Å². The number of sulfonamides is 1. The molecule has 11 heteroatoms. The van der Waals surface area contributed by atoms with Crippen molar-refractivity contribution in [2.45, 2.75) is 11.1 Å². The van der Waals surface area contributed by atoms with E-state index in [4.69, 9.17) is 0 Å². The minimum absolute atomic E-state index is 0.0353. The Morgan fingerprint density at radius 2 is 1.81 bits per heavy atom. The molecular weight excluding hydrogens is 463 g/mol.